The monoisotopic (exact) mass is 244 g/mol. The molecule has 0 aliphatic heterocycles. The molecule has 17 heavy (non-hydrogen) atoms. The summed E-state index contributed by atoms with van der Waals surface area (Å²) in [7, 11) is 0. The average molecular weight is 244 g/mol. The molecule has 0 amide bonds. The molecule has 0 aliphatic rings. The Kier molecular flexibility index (Phi) is 3.28. The molecule has 0 bridgehead atoms. The predicted molar refractivity (Wildman–Crippen MR) is 65.7 cm³/mol. The van der Waals surface area contributed by atoms with E-state index >= 15 is 0 Å². The van der Waals surface area contributed by atoms with Crippen molar-refractivity contribution in [1.29, 1.82) is 5.26 Å². The lowest BCUT2D eigenvalue weighted by Gasteiger charge is -2.06. The Morgan fingerprint density at radius 2 is 2.00 bits per heavy atom. The summed E-state index contributed by atoms with van der Waals surface area (Å²) in [6.45, 7) is 0. The molecule has 2 rings (SSSR count). The average Bonchev–Trinajstić information content (AvgIpc) is 2.38. The van der Waals surface area contributed by atoms with Gasteiger partial charge in [-0.25, -0.2) is 0 Å². The third-order valence-corrected chi connectivity index (χ3v) is 2.79. The minimum Gasteiger partial charge on any atom is -0.324 e. The highest BCUT2D eigenvalue weighted by Crippen LogP contribution is 2.26. The van der Waals surface area contributed by atoms with Gasteiger partial charge in [-0.2, -0.15) is 5.26 Å². The molecule has 84 valence electrons. The Labute approximate surface area is 102 Å². The molecule has 0 spiro atoms. The van der Waals surface area contributed by atoms with Crippen LogP contribution in [0.4, 0.5) is 0 Å². The molecule has 0 aliphatic carbocycles. The van der Waals surface area contributed by atoms with Gasteiger partial charge in [0, 0.05) is 23.7 Å². The van der Waals surface area contributed by atoms with Crippen LogP contribution in [0.2, 0.25) is 0 Å². The number of aromatic amines is 1. The first-order chi connectivity index (χ1) is 8.26. The summed E-state index contributed by atoms with van der Waals surface area (Å²) in [5, 5.41) is 9.25. The number of nitrogens with zero attached hydrogens (tertiary/aromatic N) is 1. The van der Waals surface area contributed by atoms with Gasteiger partial charge in [0.05, 0.1) is 5.56 Å². The zero-order chi connectivity index (χ0) is 12.3. The van der Waals surface area contributed by atoms with Crippen LogP contribution >= 0.6 is 12.0 Å². The zero-order valence-corrected chi connectivity index (χ0v) is 9.49. The van der Waals surface area contributed by atoms with Crippen molar-refractivity contribution in [2.45, 2.75) is 5.03 Å². The van der Waals surface area contributed by atoms with Gasteiger partial charge in [0.15, 0.2) is 0 Å². The van der Waals surface area contributed by atoms with Crippen molar-refractivity contribution in [2.24, 2.45) is 0 Å². The van der Waals surface area contributed by atoms with Crippen LogP contribution in [0.25, 0.3) is 11.1 Å². The van der Waals surface area contributed by atoms with Crippen LogP contribution in [-0.2, 0) is 0 Å². The Morgan fingerprint density at radius 3 is 2.59 bits per heavy atom. The second-order valence-corrected chi connectivity index (χ2v) is 3.91. The Morgan fingerprint density at radius 1 is 1.29 bits per heavy atom. The number of H-pyrrole nitrogens is 1. The molecule has 0 radical (unpaired) electrons. The smallest absolute Gasteiger partial charge is 0.249 e. The van der Waals surface area contributed by atoms with Crippen LogP contribution < -0.4 is 5.56 Å². The van der Waals surface area contributed by atoms with E-state index in [1.165, 1.54) is 6.07 Å². The summed E-state index contributed by atoms with van der Waals surface area (Å²) in [6.07, 6.45) is 0. The molecule has 1 heterocycles. The number of nitriles is 1. The van der Waals surface area contributed by atoms with Crippen LogP contribution in [0, 0.1) is 11.3 Å². The lowest BCUT2D eigenvalue weighted by molar-refractivity contribution is 0.659. The van der Waals surface area contributed by atoms with Crippen LogP contribution in [0.5, 0.6) is 0 Å². The third-order valence-electron chi connectivity index (χ3n) is 2.30. The van der Waals surface area contributed by atoms with E-state index in [1.807, 2.05) is 24.3 Å². The standard InChI is InChI=1S/C12H8N2O2S/c13-7-10-9(8-4-2-1-3-5-8)6-11(15)14-12(10)17-16/h1-6,16H,(H,14,15). The molecule has 4 nitrogen and oxygen atoms in total. The number of aromatic nitrogens is 1. The van der Waals surface area contributed by atoms with Crippen LogP contribution in [0.3, 0.4) is 0 Å². The quantitative estimate of drug-likeness (QED) is 0.795. The van der Waals surface area contributed by atoms with E-state index in [-0.39, 0.29) is 16.1 Å². The maximum absolute atomic E-state index is 11.4. The van der Waals surface area contributed by atoms with Gasteiger partial charge in [0.2, 0.25) is 5.56 Å². The van der Waals surface area contributed by atoms with Gasteiger partial charge >= 0.3 is 0 Å². The summed E-state index contributed by atoms with van der Waals surface area (Å²) in [5.74, 6) is 0. The van der Waals surface area contributed by atoms with Crippen molar-refractivity contribution in [1.82, 2.24) is 4.98 Å². The predicted octanol–water partition coefficient (Wildman–Crippen LogP) is 2.48. The SMILES string of the molecule is N#Cc1c(-c2ccccc2)cc(=O)[nH]c1SO. The van der Waals surface area contributed by atoms with Gasteiger partial charge in [-0.05, 0) is 5.56 Å². The highest BCUT2D eigenvalue weighted by Gasteiger charge is 2.12. The van der Waals surface area contributed by atoms with Crippen molar-refractivity contribution in [3.05, 3.63) is 52.3 Å². The fraction of sp³-hybridized carbons (Fsp3) is 0. The Bertz CT molecular complexity index is 629. The van der Waals surface area contributed by atoms with E-state index in [0.29, 0.717) is 17.6 Å². The Hall–Kier alpha value is -2.03. The number of pyridine rings is 1. The molecule has 5 heteroatoms. The summed E-state index contributed by atoms with van der Waals surface area (Å²) in [5.41, 5.74) is 1.21. The maximum atomic E-state index is 11.4. The van der Waals surface area contributed by atoms with Gasteiger partial charge in [-0.1, -0.05) is 30.3 Å². The highest BCUT2D eigenvalue weighted by molar-refractivity contribution is 7.93. The third kappa shape index (κ3) is 2.23. The lowest BCUT2D eigenvalue weighted by Crippen LogP contribution is -2.08. The molecule has 2 aromatic rings. The number of rotatable bonds is 2. The van der Waals surface area contributed by atoms with Gasteiger partial charge in [0.25, 0.3) is 0 Å². The second kappa shape index (κ2) is 4.87. The largest absolute Gasteiger partial charge is 0.324 e. The minimum absolute atomic E-state index is 0.166. The van der Waals surface area contributed by atoms with Gasteiger partial charge in [-0.3, -0.25) is 4.79 Å². The molecular formula is C12H8N2O2S. The molecule has 2 N–H and O–H groups in total. The molecule has 0 fully saturated rings. The lowest BCUT2D eigenvalue weighted by atomic mass is 10.0. The van der Waals surface area contributed by atoms with Gasteiger partial charge in [-0.15, -0.1) is 0 Å². The number of hydrogen-bond acceptors (Lipinski definition) is 4. The zero-order valence-electron chi connectivity index (χ0n) is 8.68. The van der Waals surface area contributed by atoms with Gasteiger partial charge in [0.1, 0.15) is 11.1 Å². The van der Waals surface area contributed by atoms with Crippen molar-refractivity contribution in [3.63, 3.8) is 0 Å². The van der Waals surface area contributed by atoms with E-state index in [4.69, 9.17) is 9.81 Å². The summed E-state index contributed by atoms with van der Waals surface area (Å²) in [4.78, 5) is 13.8. The normalized spacial score (nSPS) is 9.88. The number of benzene rings is 1. The number of hydrogen-bond donors (Lipinski definition) is 2. The number of nitrogens with one attached hydrogen (secondary N) is 1. The van der Waals surface area contributed by atoms with E-state index in [1.54, 1.807) is 12.1 Å². The fourth-order valence-corrected chi connectivity index (χ4v) is 1.95. The molecular weight excluding hydrogens is 236 g/mol. The maximum Gasteiger partial charge on any atom is 0.249 e. The van der Waals surface area contributed by atoms with E-state index in [0.717, 1.165) is 5.56 Å². The topological polar surface area (TPSA) is 76.9 Å². The second-order valence-electron chi connectivity index (χ2n) is 3.32. The Balaban J connectivity index is 2.74. The van der Waals surface area contributed by atoms with E-state index < -0.39 is 0 Å². The van der Waals surface area contributed by atoms with Crippen LogP contribution in [0.15, 0.2) is 46.2 Å². The first-order valence-corrected chi connectivity index (χ1v) is 5.58. The molecule has 0 atom stereocenters. The van der Waals surface area contributed by atoms with Crippen molar-refractivity contribution in [3.8, 4) is 17.2 Å². The minimum atomic E-state index is -0.348. The van der Waals surface area contributed by atoms with Crippen LogP contribution in [0.1, 0.15) is 5.56 Å². The van der Waals surface area contributed by atoms with Gasteiger partial charge < -0.3 is 9.54 Å². The summed E-state index contributed by atoms with van der Waals surface area (Å²) in [6, 6.07) is 12.5. The van der Waals surface area contributed by atoms with E-state index in [2.05, 4.69) is 4.98 Å². The molecule has 1 aromatic heterocycles. The fourth-order valence-electron chi connectivity index (χ4n) is 1.56. The van der Waals surface area contributed by atoms with E-state index in [9.17, 15) is 4.79 Å². The molecule has 0 saturated heterocycles. The first-order valence-electron chi connectivity index (χ1n) is 4.80. The van der Waals surface area contributed by atoms with Crippen molar-refractivity contribution < 1.29 is 4.55 Å². The van der Waals surface area contributed by atoms with Crippen molar-refractivity contribution in [2.75, 3.05) is 0 Å². The molecule has 1 aromatic carbocycles. The first kappa shape index (κ1) is 11.5. The van der Waals surface area contributed by atoms with Crippen molar-refractivity contribution >= 4 is 12.0 Å². The molecule has 0 unspecified atom stereocenters. The summed E-state index contributed by atoms with van der Waals surface area (Å²) >= 11 is 0.365. The van der Waals surface area contributed by atoms with Crippen LogP contribution in [-0.4, -0.2) is 9.54 Å². The highest BCUT2D eigenvalue weighted by atomic mass is 32.2. The molecule has 0 saturated carbocycles. The summed E-state index contributed by atoms with van der Waals surface area (Å²) < 4.78 is 9.04.